The van der Waals surface area contributed by atoms with Gasteiger partial charge >= 0.3 is 5.97 Å². The SMILES string of the molecule is CCCCO[C@H]1CC[C@H](OC(=O)c2ccc(-c3ccc(F)cc3F)cc2)CC1. The third-order valence-corrected chi connectivity index (χ3v) is 5.11. The second kappa shape index (κ2) is 9.78. The first-order chi connectivity index (χ1) is 13.6. The number of unbranched alkanes of at least 4 members (excludes halogenated alkanes) is 1. The largest absolute Gasteiger partial charge is 0.459 e. The Balaban J connectivity index is 1.53. The van der Waals surface area contributed by atoms with Crippen LogP contribution in [0.5, 0.6) is 0 Å². The minimum atomic E-state index is -0.631. The quantitative estimate of drug-likeness (QED) is 0.436. The number of esters is 1. The molecule has 1 aliphatic rings. The summed E-state index contributed by atoms with van der Waals surface area (Å²) in [6.07, 6.45) is 5.81. The van der Waals surface area contributed by atoms with Crippen LogP contribution in [0.3, 0.4) is 0 Å². The lowest BCUT2D eigenvalue weighted by molar-refractivity contribution is -0.0201. The van der Waals surface area contributed by atoms with E-state index in [9.17, 15) is 13.6 Å². The van der Waals surface area contributed by atoms with Crippen molar-refractivity contribution in [1.29, 1.82) is 0 Å². The van der Waals surface area contributed by atoms with Crippen molar-refractivity contribution >= 4 is 5.97 Å². The van der Waals surface area contributed by atoms with E-state index < -0.39 is 11.6 Å². The van der Waals surface area contributed by atoms with Gasteiger partial charge in [0.1, 0.15) is 17.7 Å². The molecule has 0 saturated heterocycles. The molecule has 0 spiro atoms. The average Bonchev–Trinajstić information content (AvgIpc) is 2.70. The van der Waals surface area contributed by atoms with Crippen LogP contribution in [0.1, 0.15) is 55.8 Å². The molecule has 3 rings (SSSR count). The second-order valence-corrected chi connectivity index (χ2v) is 7.23. The molecule has 0 amide bonds. The number of hydrogen-bond donors (Lipinski definition) is 0. The monoisotopic (exact) mass is 388 g/mol. The summed E-state index contributed by atoms with van der Waals surface area (Å²) in [6, 6.07) is 9.96. The van der Waals surface area contributed by atoms with E-state index in [0.717, 1.165) is 51.2 Å². The minimum Gasteiger partial charge on any atom is -0.459 e. The van der Waals surface area contributed by atoms with Gasteiger partial charge in [-0.2, -0.15) is 0 Å². The van der Waals surface area contributed by atoms with Crippen LogP contribution in [-0.4, -0.2) is 24.8 Å². The molecule has 2 aromatic carbocycles. The molecule has 0 unspecified atom stereocenters. The van der Waals surface area contributed by atoms with Crippen molar-refractivity contribution in [3.8, 4) is 11.1 Å². The van der Waals surface area contributed by atoms with Gasteiger partial charge in [-0.1, -0.05) is 25.5 Å². The van der Waals surface area contributed by atoms with E-state index in [0.29, 0.717) is 16.7 Å². The van der Waals surface area contributed by atoms with Crippen molar-refractivity contribution in [2.24, 2.45) is 0 Å². The Bertz CT molecular complexity index is 781. The molecule has 0 aromatic heterocycles. The van der Waals surface area contributed by atoms with Crippen LogP contribution in [0.25, 0.3) is 11.1 Å². The molecule has 0 N–H and O–H groups in total. The first kappa shape index (κ1) is 20.5. The van der Waals surface area contributed by atoms with Crippen LogP contribution in [0.2, 0.25) is 0 Å². The van der Waals surface area contributed by atoms with Gasteiger partial charge < -0.3 is 9.47 Å². The Labute approximate surface area is 164 Å². The Morgan fingerprint density at radius 2 is 1.68 bits per heavy atom. The third kappa shape index (κ3) is 5.38. The van der Waals surface area contributed by atoms with Crippen molar-refractivity contribution in [1.82, 2.24) is 0 Å². The first-order valence-electron chi connectivity index (χ1n) is 9.95. The number of rotatable bonds is 7. The molecule has 0 radical (unpaired) electrons. The molecule has 0 aliphatic heterocycles. The smallest absolute Gasteiger partial charge is 0.338 e. The van der Waals surface area contributed by atoms with E-state index in [4.69, 9.17) is 9.47 Å². The van der Waals surface area contributed by atoms with Crippen LogP contribution in [-0.2, 0) is 9.47 Å². The summed E-state index contributed by atoms with van der Waals surface area (Å²) in [7, 11) is 0. The van der Waals surface area contributed by atoms with E-state index in [-0.39, 0.29) is 18.2 Å². The van der Waals surface area contributed by atoms with Crippen LogP contribution in [0, 0.1) is 11.6 Å². The van der Waals surface area contributed by atoms with Gasteiger partial charge in [0.15, 0.2) is 0 Å². The molecule has 0 bridgehead atoms. The Kier molecular flexibility index (Phi) is 7.15. The molecule has 28 heavy (non-hydrogen) atoms. The number of halogens is 2. The van der Waals surface area contributed by atoms with Crippen molar-refractivity contribution in [3.63, 3.8) is 0 Å². The van der Waals surface area contributed by atoms with E-state index in [1.54, 1.807) is 24.3 Å². The van der Waals surface area contributed by atoms with Crippen molar-refractivity contribution < 1.29 is 23.0 Å². The molecule has 1 saturated carbocycles. The fourth-order valence-electron chi connectivity index (χ4n) is 3.44. The fraction of sp³-hybridized carbons (Fsp3) is 0.435. The summed E-state index contributed by atoms with van der Waals surface area (Å²) < 4.78 is 38.4. The van der Waals surface area contributed by atoms with Crippen LogP contribution < -0.4 is 0 Å². The van der Waals surface area contributed by atoms with Crippen LogP contribution in [0.15, 0.2) is 42.5 Å². The zero-order chi connectivity index (χ0) is 19.9. The van der Waals surface area contributed by atoms with E-state index in [1.807, 2.05) is 0 Å². The fourth-order valence-corrected chi connectivity index (χ4v) is 3.44. The second-order valence-electron chi connectivity index (χ2n) is 7.23. The zero-order valence-electron chi connectivity index (χ0n) is 16.1. The van der Waals surface area contributed by atoms with E-state index in [2.05, 4.69) is 6.92 Å². The van der Waals surface area contributed by atoms with Crippen molar-refractivity contribution in [2.45, 2.75) is 57.7 Å². The van der Waals surface area contributed by atoms with Gasteiger partial charge in [0.2, 0.25) is 0 Å². The highest BCUT2D eigenvalue weighted by molar-refractivity contribution is 5.90. The predicted molar refractivity (Wildman–Crippen MR) is 104 cm³/mol. The number of benzene rings is 2. The zero-order valence-corrected chi connectivity index (χ0v) is 16.1. The molecule has 5 heteroatoms. The minimum absolute atomic E-state index is 0.0901. The number of ether oxygens (including phenoxy) is 2. The Hall–Kier alpha value is -2.27. The number of carbonyl (C=O) groups is 1. The summed E-state index contributed by atoms with van der Waals surface area (Å²) in [5.41, 5.74) is 1.30. The topological polar surface area (TPSA) is 35.5 Å². The molecule has 1 fully saturated rings. The summed E-state index contributed by atoms with van der Waals surface area (Å²) >= 11 is 0. The summed E-state index contributed by atoms with van der Waals surface area (Å²) in [6.45, 7) is 2.94. The highest BCUT2D eigenvalue weighted by Crippen LogP contribution is 2.26. The summed E-state index contributed by atoms with van der Waals surface area (Å²) in [4.78, 5) is 12.4. The molecule has 2 aromatic rings. The molecule has 150 valence electrons. The summed E-state index contributed by atoms with van der Waals surface area (Å²) in [5.74, 6) is -1.62. The highest BCUT2D eigenvalue weighted by Gasteiger charge is 2.24. The molecule has 3 nitrogen and oxygen atoms in total. The normalized spacial score (nSPS) is 19.4. The van der Waals surface area contributed by atoms with Gasteiger partial charge in [-0.25, -0.2) is 13.6 Å². The maximum Gasteiger partial charge on any atom is 0.338 e. The van der Waals surface area contributed by atoms with Gasteiger partial charge in [-0.05, 0) is 61.9 Å². The summed E-state index contributed by atoms with van der Waals surface area (Å²) in [5, 5.41) is 0. The van der Waals surface area contributed by atoms with Gasteiger partial charge in [-0.3, -0.25) is 0 Å². The van der Waals surface area contributed by atoms with Gasteiger partial charge in [0, 0.05) is 18.2 Å². The lowest BCUT2D eigenvalue weighted by Crippen LogP contribution is -2.28. The lowest BCUT2D eigenvalue weighted by atomic mass is 9.95. The first-order valence-corrected chi connectivity index (χ1v) is 9.95. The predicted octanol–water partition coefficient (Wildman–Crippen LogP) is 5.92. The Morgan fingerprint density at radius 1 is 1.00 bits per heavy atom. The van der Waals surface area contributed by atoms with Crippen LogP contribution in [0.4, 0.5) is 8.78 Å². The maximum absolute atomic E-state index is 13.9. The van der Waals surface area contributed by atoms with Crippen molar-refractivity contribution in [3.05, 3.63) is 59.7 Å². The Morgan fingerprint density at radius 3 is 2.32 bits per heavy atom. The molecule has 0 atom stereocenters. The average molecular weight is 388 g/mol. The van der Waals surface area contributed by atoms with Crippen LogP contribution >= 0.6 is 0 Å². The van der Waals surface area contributed by atoms with E-state index in [1.165, 1.54) is 12.1 Å². The molecule has 0 heterocycles. The van der Waals surface area contributed by atoms with Gasteiger partial charge in [-0.15, -0.1) is 0 Å². The molecular formula is C23H26F2O3. The molecule has 1 aliphatic carbocycles. The highest BCUT2D eigenvalue weighted by atomic mass is 19.1. The number of hydrogen-bond acceptors (Lipinski definition) is 3. The standard InChI is InChI=1S/C23H26F2O3/c1-2-3-14-27-19-9-11-20(12-10-19)28-23(26)17-6-4-16(5-7-17)21-13-8-18(24)15-22(21)25/h4-8,13,15,19-20H,2-3,9-12,14H2,1H3/t19-,20-. The maximum atomic E-state index is 13.9. The van der Waals surface area contributed by atoms with E-state index >= 15 is 0 Å². The van der Waals surface area contributed by atoms with Gasteiger partial charge in [0.25, 0.3) is 0 Å². The lowest BCUT2D eigenvalue weighted by Gasteiger charge is -2.28. The number of carbonyl (C=O) groups excluding carboxylic acids is 1. The van der Waals surface area contributed by atoms with Gasteiger partial charge in [0.05, 0.1) is 11.7 Å². The third-order valence-electron chi connectivity index (χ3n) is 5.11. The molecular weight excluding hydrogens is 362 g/mol. The van der Waals surface area contributed by atoms with Crippen molar-refractivity contribution in [2.75, 3.05) is 6.61 Å².